The molecule has 0 amide bonds. The zero-order valence-corrected chi connectivity index (χ0v) is 28.2. The highest BCUT2D eigenvalue weighted by molar-refractivity contribution is 5.90. The minimum Gasteiger partial charge on any atom is -0.462 e. The molecule has 0 spiro atoms. The Morgan fingerprint density at radius 2 is 1.57 bits per heavy atom. The number of aliphatic hydroxyl groups is 2. The smallest absolute Gasteiger partial charge is 0.338 e. The molecule has 5 fully saturated rings. The monoisotopic (exact) mass is 654 g/mol. The summed E-state index contributed by atoms with van der Waals surface area (Å²) in [5.74, 6) is -5.19. The Hall–Kier alpha value is -3.28. The fourth-order valence-electron chi connectivity index (χ4n) is 10.3. The van der Waals surface area contributed by atoms with Crippen molar-refractivity contribution in [3.63, 3.8) is 0 Å². The molecule has 4 saturated carbocycles. The van der Waals surface area contributed by atoms with Crippen LogP contribution in [0.4, 0.5) is 0 Å². The molecule has 2 bridgehead atoms. The van der Waals surface area contributed by atoms with Crippen LogP contribution in [-0.4, -0.2) is 76.0 Å². The first-order valence-corrected chi connectivity index (χ1v) is 16.5. The third-order valence-corrected chi connectivity index (χ3v) is 12.3. The van der Waals surface area contributed by atoms with E-state index < -0.39 is 89.0 Å². The van der Waals surface area contributed by atoms with Gasteiger partial charge in [-0.25, -0.2) is 9.59 Å². The molecule has 5 aliphatic rings. The number of aliphatic hydroxyl groups excluding tert-OH is 2. The largest absolute Gasteiger partial charge is 0.462 e. The fourth-order valence-corrected chi connectivity index (χ4v) is 10.3. The third-order valence-electron chi connectivity index (χ3n) is 12.3. The number of esters is 4. The standard InChI is InChI=1S/C36H46O11/c1-9-17(2)29(39)45-23-15-22-24(33(22,6)7)27-34(8)31(41)35(46-30(40)21-13-11-10-12-14-21)16-18(3)26(43-19(4)37)25(35)28(44-20(5)38)36(23,27)32(42)47-34/h9-14,18,22-28,31-32,41-42H,15-16H2,1-8H3. The van der Waals surface area contributed by atoms with E-state index in [9.17, 15) is 29.4 Å². The zero-order valence-electron chi connectivity index (χ0n) is 28.2. The summed E-state index contributed by atoms with van der Waals surface area (Å²) in [6.07, 6.45) is -4.70. The first-order valence-electron chi connectivity index (χ1n) is 16.5. The summed E-state index contributed by atoms with van der Waals surface area (Å²) >= 11 is 0. The predicted octanol–water partition coefficient (Wildman–Crippen LogP) is 3.74. The molecule has 1 heterocycles. The molecule has 0 radical (unpaired) electrons. The number of rotatable bonds is 6. The predicted molar refractivity (Wildman–Crippen MR) is 165 cm³/mol. The van der Waals surface area contributed by atoms with Gasteiger partial charge in [-0.1, -0.05) is 45.0 Å². The number of carbonyl (C=O) groups is 4. The summed E-state index contributed by atoms with van der Waals surface area (Å²) in [5, 5.41) is 25.0. The lowest BCUT2D eigenvalue weighted by Gasteiger charge is -2.52. The van der Waals surface area contributed by atoms with Crippen molar-refractivity contribution in [3.05, 3.63) is 47.5 Å². The number of carbonyl (C=O) groups excluding carboxylic acids is 4. The molecular weight excluding hydrogens is 608 g/mol. The van der Waals surface area contributed by atoms with Crippen molar-refractivity contribution in [1.82, 2.24) is 0 Å². The summed E-state index contributed by atoms with van der Waals surface area (Å²) in [4.78, 5) is 53.2. The number of ether oxygens (including phenoxy) is 5. The number of hydrogen-bond acceptors (Lipinski definition) is 11. The van der Waals surface area contributed by atoms with E-state index in [4.69, 9.17) is 23.7 Å². The maximum atomic E-state index is 13.9. The van der Waals surface area contributed by atoms with Gasteiger partial charge < -0.3 is 33.9 Å². The second kappa shape index (κ2) is 11.1. The van der Waals surface area contributed by atoms with Crippen molar-refractivity contribution in [3.8, 4) is 0 Å². The van der Waals surface area contributed by atoms with Gasteiger partial charge in [-0.05, 0) is 68.9 Å². The Morgan fingerprint density at radius 3 is 2.17 bits per heavy atom. The van der Waals surface area contributed by atoms with Crippen LogP contribution < -0.4 is 0 Å². The Balaban J connectivity index is 1.64. The summed E-state index contributed by atoms with van der Waals surface area (Å²) in [6.45, 7) is 13.5. The van der Waals surface area contributed by atoms with Gasteiger partial charge in [0.25, 0.3) is 0 Å². The lowest BCUT2D eigenvalue weighted by Crippen LogP contribution is -2.66. The average Bonchev–Trinajstić information content (AvgIpc) is 3.31. The topological polar surface area (TPSA) is 155 Å². The molecule has 13 unspecified atom stereocenters. The van der Waals surface area contributed by atoms with E-state index in [1.54, 1.807) is 57.2 Å². The highest BCUT2D eigenvalue weighted by Gasteiger charge is 2.88. The molecule has 2 N–H and O–H groups in total. The van der Waals surface area contributed by atoms with Crippen LogP contribution >= 0.6 is 0 Å². The fraction of sp³-hybridized carbons (Fsp3) is 0.667. The highest BCUT2D eigenvalue weighted by atomic mass is 16.7. The first kappa shape index (κ1) is 33.6. The summed E-state index contributed by atoms with van der Waals surface area (Å²) in [5.41, 5.74) is -4.76. The molecule has 0 aromatic heterocycles. The molecule has 13 atom stereocenters. The van der Waals surface area contributed by atoms with Crippen LogP contribution in [0.15, 0.2) is 42.0 Å². The van der Waals surface area contributed by atoms with Gasteiger partial charge in [0, 0.05) is 25.3 Å². The van der Waals surface area contributed by atoms with Crippen molar-refractivity contribution in [1.29, 1.82) is 0 Å². The van der Waals surface area contributed by atoms with Crippen LogP contribution in [0.25, 0.3) is 0 Å². The maximum absolute atomic E-state index is 13.9. The van der Waals surface area contributed by atoms with Crippen LogP contribution in [0, 0.1) is 40.4 Å². The second-order valence-corrected chi connectivity index (χ2v) is 15.1. The van der Waals surface area contributed by atoms with E-state index in [2.05, 4.69) is 13.8 Å². The molecule has 256 valence electrons. The SMILES string of the molecule is CC=C(C)C(=O)OC1CC2C(C3C4(C)OC(O)C13C(OC(C)=O)C1C(OC(C)=O)C(C)CC1(OC(=O)c1ccccc1)C4O)C2(C)C. The molecule has 11 nitrogen and oxygen atoms in total. The van der Waals surface area contributed by atoms with Gasteiger partial charge in [0.05, 0.1) is 11.5 Å². The highest BCUT2D eigenvalue weighted by Crippen LogP contribution is 2.79. The van der Waals surface area contributed by atoms with Crippen molar-refractivity contribution in [2.24, 2.45) is 40.4 Å². The van der Waals surface area contributed by atoms with Gasteiger partial charge in [0.15, 0.2) is 11.9 Å². The van der Waals surface area contributed by atoms with Gasteiger partial charge in [0.1, 0.15) is 35.4 Å². The summed E-state index contributed by atoms with van der Waals surface area (Å²) in [7, 11) is 0. The van der Waals surface area contributed by atoms with Crippen LogP contribution in [0.5, 0.6) is 0 Å². The van der Waals surface area contributed by atoms with Gasteiger partial charge in [-0.15, -0.1) is 0 Å². The normalized spacial score (nSPS) is 44.2. The maximum Gasteiger partial charge on any atom is 0.338 e. The third kappa shape index (κ3) is 4.63. The molecule has 1 aliphatic heterocycles. The van der Waals surface area contributed by atoms with Crippen molar-refractivity contribution < 1.29 is 53.1 Å². The lowest BCUT2D eigenvalue weighted by atomic mass is 9.56. The molecule has 6 rings (SSSR count). The van der Waals surface area contributed by atoms with E-state index in [-0.39, 0.29) is 29.2 Å². The molecule has 1 aromatic rings. The number of allylic oxidation sites excluding steroid dienone is 1. The van der Waals surface area contributed by atoms with E-state index in [1.807, 2.05) is 6.92 Å². The van der Waals surface area contributed by atoms with E-state index in [1.165, 1.54) is 13.8 Å². The number of hydrogen-bond donors (Lipinski definition) is 2. The van der Waals surface area contributed by atoms with Gasteiger partial charge >= 0.3 is 23.9 Å². The number of benzene rings is 1. The lowest BCUT2D eigenvalue weighted by molar-refractivity contribution is -0.283. The molecule has 1 aromatic carbocycles. The minimum atomic E-state index is -1.81. The molecular formula is C36H46O11. The molecule has 4 aliphatic carbocycles. The van der Waals surface area contributed by atoms with Crippen LogP contribution in [0.1, 0.15) is 78.6 Å². The first-order chi connectivity index (χ1) is 22.0. The van der Waals surface area contributed by atoms with Crippen molar-refractivity contribution >= 4 is 23.9 Å². The van der Waals surface area contributed by atoms with Gasteiger partial charge in [0.2, 0.25) is 0 Å². The van der Waals surface area contributed by atoms with Crippen molar-refractivity contribution in [2.75, 3.05) is 0 Å². The second-order valence-electron chi connectivity index (χ2n) is 15.1. The van der Waals surface area contributed by atoms with E-state index in [0.29, 0.717) is 12.0 Å². The van der Waals surface area contributed by atoms with Gasteiger partial charge in [-0.2, -0.15) is 0 Å². The number of fused-ring (bicyclic) bond motifs is 2. The Bertz CT molecular complexity index is 1500. The minimum absolute atomic E-state index is 0.0201. The Morgan fingerprint density at radius 1 is 0.936 bits per heavy atom. The molecule has 1 saturated heterocycles. The van der Waals surface area contributed by atoms with E-state index in [0.717, 1.165) is 0 Å². The van der Waals surface area contributed by atoms with Gasteiger partial charge in [-0.3, -0.25) is 9.59 Å². The molecule has 11 heteroatoms. The zero-order chi connectivity index (χ0) is 34.4. The Labute approximate surface area is 274 Å². The average molecular weight is 655 g/mol. The van der Waals surface area contributed by atoms with Crippen molar-refractivity contribution in [2.45, 2.75) is 110 Å². The molecule has 47 heavy (non-hydrogen) atoms. The van der Waals surface area contributed by atoms with Crippen LogP contribution in [0.2, 0.25) is 0 Å². The van der Waals surface area contributed by atoms with E-state index >= 15 is 0 Å². The Kier molecular flexibility index (Phi) is 7.96. The quantitative estimate of drug-likeness (QED) is 0.262. The van der Waals surface area contributed by atoms with Crippen LogP contribution in [0.3, 0.4) is 0 Å². The summed E-state index contributed by atoms with van der Waals surface area (Å²) < 4.78 is 31.4. The summed E-state index contributed by atoms with van der Waals surface area (Å²) in [6, 6.07) is 8.31. The van der Waals surface area contributed by atoms with Crippen LogP contribution in [-0.2, 0) is 38.1 Å².